The Hall–Kier alpha value is -1.45. The number of piperidine rings is 1. The summed E-state index contributed by atoms with van der Waals surface area (Å²) in [7, 11) is 0. The van der Waals surface area contributed by atoms with Crippen LogP contribution in [0.4, 0.5) is 17.2 Å². The Morgan fingerprint density at radius 3 is 2.87 bits per heavy atom. The SMILES string of the molecule is C[C@@H]1CCCCN1c1ncc(N)cc1N. The van der Waals surface area contributed by atoms with Crippen molar-refractivity contribution in [1.29, 1.82) is 0 Å². The molecule has 4 heteroatoms. The summed E-state index contributed by atoms with van der Waals surface area (Å²) in [6, 6.07) is 2.31. The minimum Gasteiger partial charge on any atom is -0.397 e. The smallest absolute Gasteiger partial charge is 0.152 e. The van der Waals surface area contributed by atoms with Gasteiger partial charge in [-0.3, -0.25) is 0 Å². The maximum atomic E-state index is 5.93. The second-order valence-corrected chi connectivity index (χ2v) is 4.22. The number of pyridine rings is 1. The minimum atomic E-state index is 0.525. The first-order valence-corrected chi connectivity index (χ1v) is 5.46. The van der Waals surface area contributed by atoms with E-state index >= 15 is 0 Å². The Labute approximate surface area is 90.3 Å². The van der Waals surface area contributed by atoms with Crippen molar-refractivity contribution in [2.45, 2.75) is 32.2 Å². The molecule has 0 aliphatic carbocycles. The van der Waals surface area contributed by atoms with E-state index in [9.17, 15) is 0 Å². The molecule has 0 radical (unpaired) electrons. The summed E-state index contributed by atoms with van der Waals surface area (Å²) in [4.78, 5) is 6.60. The van der Waals surface area contributed by atoms with Crippen molar-refractivity contribution in [2.75, 3.05) is 22.9 Å². The first kappa shape index (κ1) is 10.1. The van der Waals surface area contributed by atoms with Crippen LogP contribution in [-0.4, -0.2) is 17.6 Å². The van der Waals surface area contributed by atoms with Gasteiger partial charge in [0.1, 0.15) is 0 Å². The third-order valence-electron chi connectivity index (χ3n) is 2.99. The number of anilines is 3. The number of rotatable bonds is 1. The second kappa shape index (κ2) is 3.96. The van der Waals surface area contributed by atoms with E-state index in [1.165, 1.54) is 19.3 Å². The van der Waals surface area contributed by atoms with Gasteiger partial charge in [0.25, 0.3) is 0 Å². The number of hydrogen-bond donors (Lipinski definition) is 2. The highest BCUT2D eigenvalue weighted by Crippen LogP contribution is 2.28. The molecule has 1 fully saturated rings. The molecule has 2 heterocycles. The lowest BCUT2D eigenvalue weighted by Crippen LogP contribution is -2.38. The van der Waals surface area contributed by atoms with Gasteiger partial charge in [-0.15, -0.1) is 0 Å². The highest BCUT2D eigenvalue weighted by atomic mass is 15.2. The van der Waals surface area contributed by atoms with Crippen LogP contribution in [0.5, 0.6) is 0 Å². The molecule has 15 heavy (non-hydrogen) atoms. The monoisotopic (exact) mass is 206 g/mol. The molecule has 1 saturated heterocycles. The number of nitrogens with zero attached hydrogens (tertiary/aromatic N) is 2. The molecule has 0 unspecified atom stereocenters. The largest absolute Gasteiger partial charge is 0.397 e. The number of hydrogen-bond acceptors (Lipinski definition) is 4. The molecule has 0 spiro atoms. The molecule has 1 aromatic rings. The van der Waals surface area contributed by atoms with E-state index in [1.54, 1.807) is 12.3 Å². The van der Waals surface area contributed by atoms with Crippen LogP contribution in [0.3, 0.4) is 0 Å². The number of aromatic nitrogens is 1. The number of nitrogens with two attached hydrogens (primary N) is 2. The molecule has 4 N–H and O–H groups in total. The lowest BCUT2D eigenvalue weighted by molar-refractivity contribution is 0.482. The summed E-state index contributed by atoms with van der Waals surface area (Å²) in [6.07, 6.45) is 5.40. The minimum absolute atomic E-state index is 0.525. The normalized spacial score (nSPS) is 21.7. The van der Waals surface area contributed by atoms with Gasteiger partial charge in [-0.2, -0.15) is 0 Å². The van der Waals surface area contributed by atoms with Gasteiger partial charge in [0.05, 0.1) is 17.6 Å². The van der Waals surface area contributed by atoms with Crippen molar-refractivity contribution in [3.63, 3.8) is 0 Å². The van der Waals surface area contributed by atoms with Crippen LogP contribution in [0.2, 0.25) is 0 Å². The van der Waals surface area contributed by atoms with E-state index < -0.39 is 0 Å². The Bertz CT molecular complexity index is 350. The van der Waals surface area contributed by atoms with Gasteiger partial charge in [-0.05, 0) is 32.3 Å². The zero-order valence-electron chi connectivity index (χ0n) is 9.11. The van der Waals surface area contributed by atoms with Crippen LogP contribution in [0.25, 0.3) is 0 Å². The number of nitrogen functional groups attached to an aromatic ring is 2. The Kier molecular flexibility index (Phi) is 2.66. The van der Waals surface area contributed by atoms with Crippen LogP contribution >= 0.6 is 0 Å². The molecule has 1 aromatic heterocycles. The molecular formula is C11H18N4. The summed E-state index contributed by atoms with van der Waals surface area (Å²) in [5.74, 6) is 0.886. The van der Waals surface area contributed by atoms with Gasteiger partial charge in [0.2, 0.25) is 0 Å². The molecule has 1 aliphatic heterocycles. The fourth-order valence-electron chi connectivity index (χ4n) is 2.14. The fraction of sp³-hybridized carbons (Fsp3) is 0.545. The van der Waals surface area contributed by atoms with Crippen LogP contribution in [0, 0.1) is 0 Å². The van der Waals surface area contributed by atoms with Crippen molar-refractivity contribution in [3.8, 4) is 0 Å². The molecule has 0 amide bonds. The molecule has 0 bridgehead atoms. The second-order valence-electron chi connectivity index (χ2n) is 4.22. The molecule has 1 atom stereocenters. The maximum absolute atomic E-state index is 5.93. The predicted octanol–water partition coefficient (Wildman–Crippen LogP) is 1.62. The summed E-state index contributed by atoms with van der Waals surface area (Å²) < 4.78 is 0. The van der Waals surface area contributed by atoms with Gasteiger partial charge in [-0.25, -0.2) is 4.98 Å². The molecule has 2 rings (SSSR count). The topological polar surface area (TPSA) is 68.2 Å². The first-order valence-electron chi connectivity index (χ1n) is 5.46. The van der Waals surface area contributed by atoms with Gasteiger partial charge >= 0.3 is 0 Å². The quantitative estimate of drug-likeness (QED) is 0.732. The average molecular weight is 206 g/mol. The summed E-state index contributed by atoms with van der Waals surface area (Å²) in [6.45, 7) is 3.26. The highest BCUT2D eigenvalue weighted by Gasteiger charge is 2.21. The summed E-state index contributed by atoms with van der Waals surface area (Å²) in [5, 5.41) is 0. The van der Waals surface area contributed by atoms with Gasteiger partial charge in [0, 0.05) is 12.6 Å². The first-order chi connectivity index (χ1) is 7.18. The molecule has 4 nitrogen and oxygen atoms in total. The van der Waals surface area contributed by atoms with E-state index in [1.807, 2.05) is 0 Å². The fourth-order valence-corrected chi connectivity index (χ4v) is 2.14. The molecule has 0 saturated carbocycles. The predicted molar refractivity (Wildman–Crippen MR) is 63.7 cm³/mol. The van der Waals surface area contributed by atoms with Crippen LogP contribution in [0.1, 0.15) is 26.2 Å². The van der Waals surface area contributed by atoms with E-state index in [4.69, 9.17) is 11.5 Å². The summed E-state index contributed by atoms with van der Waals surface area (Å²) in [5.41, 5.74) is 12.9. The molecule has 82 valence electrons. The van der Waals surface area contributed by atoms with Gasteiger partial charge in [0.15, 0.2) is 5.82 Å². The zero-order valence-corrected chi connectivity index (χ0v) is 9.11. The van der Waals surface area contributed by atoms with Gasteiger partial charge in [-0.1, -0.05) is 0 Å². The van der Waals surface area contributed by atoms with Crippen molar-refractivity contribution >= 4 is 17.2 Å². The van der Waals surface area contributed by atoms with E-state index in [0.29, 0.717) is 17.4 Å². The van der Waals surface area contributed by atoms with Crippen molar-refractivity contribution in [2.24, 2.45) is 0 Å². The maximum Gasteiger partial charge on any atom is 0.152 e. The Balaban J connectivity index is 2.27. The van der Waals surface area contributed by atoms with E-state index in [2.05, 4.69) is 16.8 Å². The van der Waals surface area contributed by atoms with Crippen molar-refractivity contribution < 1.29 is 0 Å². The summed E-state index contributed by atoms with van der Waals surface area (Å²) >= 11 is 0. The molecule has 1 aliphatic rings. The average Bonchev–Trinajstić information content (AvgIpc) is 2.20. The lowest BCUT2D eigenvalue weighted by Gasteiger charge is -2.35. The van der Waals surface area contributed by atoms with Crippen LogP contribution in [0.15, 0.2) is 12.3 Å². The van der Waals surface area contributed by atoms with Crippen LogP contribution < -0.4 is 16.4 Å². The Morgan fingerprint density at radius 2 is 2.20 bits per heavy atom. The van der Waals surface area contributed by atoms with Crippen LogP contribution in [-0.2, 0) is 0 Å². The van der Waals surface area contributed by atoms with Crippen molar-refractivity contribution in [1.82, 2.24) is 4.98 Å². The standard InChI is InChI=1S/C11H18N4/c1-8-4-2-3-5-15(8)11-10(13)6-9(12)7-14-11/h6-8H,2-5,12-13H2,1H3/t8-/m1/s1. The zero-order chi connectivity index (χ0) is 10.8. The molecular weight excluding hydrogens is 188 g/mol. The van der Waals surface area contributed by atoms with Gasteiger partial charge < -0.3 is 16.4 Å². The third kappa shape index (κ3) is 1.98. The van der Waals surface area contributed by atoms with Crippen molar-refractivity contribution in [3.05, 3.63) is 12.3 Å². The Morgan fingerprint density at radius 1 is 1.40 bits per heavy atom. The molecule has 0 aromatic carbocycles. The third-order valence-corrected chi connectivity index (χ3v) is 2.99. The van der Waals surface area contributed by atoms with E-state index in [0.717, 1.165) is 12.4 Å². The van der Waals surface area contributed by atoms with E-state index in [-0.39, 0.29) is 0 Å². The lowest BCUT2D eigenvalue weighted by atomic mass is 10.0. The highest BCUT2D eigenvalue weighted by molar-refractivity contribution is 5.67.